The Hall–Kier alpha value is -1.59. The molecular weight excluding hydrogens is 781 g/mol. The van der Waals surface area contributed by atoms with Gasteiger partial charge in [-0.1, -0.05) is 279 Å². The average molecular weight is 892 g/mol. The zero-order valence-corrected chi connectivity index (χ0v) is 43.2. The van der Waals surface area contributed by atoms with Crippen molar-refractivity contribution in [2.24, 2.45) is 11.8 Å². The Bertz CT molecular complexity index is 964. The van der Waals surface area contributed by atoms with E-state index in [-0.39, 0.29) is 31.1 Å². The van der Waals surface area contributed by atoms with E-state index >= 15 is 0 Å². The van der Waals surface area contributed by atoms with Crippen LogP contribution in [0, 0.1) is 11.8 Å². The van der Waals surface area contributed by atoms with Crippen molar-refractivity contribution in [3.63, 3.8) is 0 Å². The zero-order chi connectivity index (χ0) is 46.1. The molecule has 1 unspecified atom stereocenters. The van der Waals surface area contributed by atoms with Crippen LogP contribution in [0.25, 0.3) is 0 Å². The predicted octanol–water partition coefficient (Wildman–Crippen LogP) is 18.5. The summed E-state index contributed by atoms with van der Waals surface area (Å²) in [6.07, 6.45) is 52.4. The lowest BCUT2D eigenvalue weighted by atomic mass is 10.00. The molecule has 0 bridgehead atoms. The summed E-state index contributed by atoms with van der Waals surface area (Å²) >= 11 is 0. The highest BCUT2D eigenvalue weighted by atomic mass is 16.6. The fourth-order valence-corrected chi connectivity index (χ4v) is 8.66. The molecule has 0 aromatic heterocycles. The van der Waals surface area contributed by atoms with Gasteiger partial charge in [0.1, 0.15) is 13.2 Å². The first-order valence-corrected chi connectivity index (χ1v) is 28.3. The first kappa shape index (κ1) is 61.4. The van der Waals surface area contributed by atoms with Gasteiger partial charge < -0.3 is 14.2 Å². The number of carbonyl (C=O) groups is 3. The van der Waals surface area contributed by atoms with Gasteiger partial charge in [-0.05, 0) is 31.1 Å². The Balaban J connectivity index is 4.26. The maximum absolute atomic E-state index is 12.8. The summed E-state index contributed by atoms with van der Waals surface area (Å²) in [7, 11) is 0. The lowest BCUT2D eigenvalue weighted by molar-refractivity contribution is -0.167. The standard InChI is InChI=1S/C57H110O6/c1-6-8-9-10-11-12-13-14-15-16-19-22-25-28-31-37-42-47-55(58)61-50-54(51-62-56(59)48-43-38-34-33-36-41-46-53(5)7-2)63-57(60)49-44-39-32-29-26-23-20-17-18-21-24-27-30-35-40-45-52(3)4/h52-54H,6-51H2,1-5H3/t53?,54-/m1/s1. The molecule has 0 saturated heterocycles. The first-order valence-electron chi connectivity index (χ1n) is 28.3. The van der Waals surface area contributed by atoms with Crippen LogP contribution in [0.5, 0.6) is 0 Å². The molecule has 6 nitrogen and oxygen atoms in total. The van der Waals surface area contributed by atoms with Crippen molar-refractivity contribution < 1.29 is 28.6 Å². The monoisotopic (exact) mass is 891 g/mol. The van der Waals surface area contributed by atoms with Gasteiger partial charge in [0.05, 0.1) is 0 Å². The van der Waals surface area contributed by atoms with Gasteiger partial charge in [0.2, 0.25) is 0 Å². The molecule has 0 aliphatic carbocycles. The van der Waals surface area contributed by atoms with Crippen LogP contribution in [0.4, 0.5) is 0 Å². The highest BCUT2D eigenvalue weighted by Gasteiger charge is 2.19. The molecular formula is C57H110O6. The van der Waals surface area contributed by atoms with Crippen molar-refractivity contribution in [1.29, 1.82) is 0 Å². The molecule has 2 atom stereocenters. The van der Waals surface area contributed by atoms with E-state index < -0.39 is 6.10 Å². The summed E-state index contributed by atoms with van der Waals surface area (Å²) in [6, 6.07) is 0. The predicted molar refractivity (Wildman–Crippen MR) is 270 cm³/mol. The van der Waals surface area contributed by atoms with E-state index in [1.165, 1.54) is 205 Å². The van der Waals surface area contributed by atoms with E-state index in [1.54, 1.807) is 0 Å². The summed E-state index contributed by atoms with van der Waals surface area (Å²) < 4.78 is 16.9. The molecule has 0 rings (SSSR count). The third-order valence-corrected chi connectivity index (χ3v) is 13.3. The number of hydrogen-bond donors (Lipinski definition) is 0. The first-order chi connectivity index (χ1) is 30.8. The Morgan fingerprint density at radius 2 is 0.603 bits per heavy atom. The highest BCUT2D eigenvalue weighted by molar-refractivity contribution is 5.71. The molecule has 374 valence electrons. The number of unbranched alkanes of at least 4 members (excludes halogenated alkanes) is 35. The van der Waals surface area contributed by atoms with Gasteiger partial charge in [-0.15, -0.1) is 0 Å². The van der Waals surface area contributed by atoms with E-state index in [4.69, 9.17) is 14.2 Å². The minimum Gasteiger partial charge on any atom is -0.462 e. The number of esters is 3. The van der Waals surface area contributed by atoms with Gasteiger partial charge in [0, 0.05) is 19.3 Å². The molecule has 0 spiro atoms. The van der Waals surface area contributed by atoms with Crippen molar-refractivity contribution in [1.82, 2.24) is 0 Å². The number of hydrogen-bond acceptors (Lipinski definition) is 6. The molecule has 0 aromatic rings. The SMILES string of the molecule is CCCCCCCCCCCCCCCCCCCC(=O)OC[C@H](COC(=O)CCCCCCCCC(C)CC)OC(=O)CCCCCCCCCCCCCCCCCC(C)C. The van der Waals surface area contributed by atoms with Gasteiger partial charge in [0.25, 0.3) is 0 Å². The minimum absolute atomic E-state index is 0.0636. The fraction of sp³-hybridized carbons (Fsp3) is 0.947. The van der Waals surface area contributed by atoms with Crippen LogP contribution in [0.3, 0.4) is 0 Å². The van der Waals surface area contributed by atoms with Crippen LogP contribution in [-0.4, -0.2) is 37.2 Å². The van der Waals surface area contributed by atoms with Crippen LogP contribution >= 0.6 is 0 Å². The molecule has 63 heavy (non-hydrogen) atoms. The van der Waals surface area contributed by atoms with Crippen molar-refractivity contribution in [3.8, 4) is 0 Å². The Kier molecular flexibility index (Phi) is 48.6. The molecule has 0 aromatic carbocycles. The Morgan fingerprint density at radius 3 is 0.905 bits per heavy atom. The molecule has 0 aliphatic heterocycles. The number of ether oxygens (including phenoxy) is 3. The zero-order valence-electron chi connectivity index (χ0n) is 43.2. The summed E-state index contributed by atoms with van der Waals surface area (Å²) in [5.41, 5.74) is 0. The second-order valence-electron chi connectivity index (χ2n) is 20.3. The maximum atomic E-state index is 12.8. The van der Waals surface area contributed by atoms with E-state index in [9.17, 15) is 14.4 Å². The molecule has 6 heteroatoms. The quantitative estimate of drug-likeness (QED) is 0.0344. The molecule has 0 amide bonds. The highest BCUT2D eigenvalue weighted by Crippen LogP contribution is 2.18. The Labute approximate surface area is 393 Å². The smallest absolute Gasteiger partial charge is 0.306 e. The van der Waals surface area contributed by atoms with Crippen LogP contribution in [0.1, 0.15) is 317 Å². The van der Waals surface area contributed by atoms with Gasteiger partial charge in [-0.3, -0.25) is 14.4 Å². The minimum atomic E-state index is -0.763. The van der Waals surface area contributed by atoms with E-state index in [1.807, 2.05) is 0 Å². The third kappa shape index (κ3) is 49.7. The summed E-state index contributed by atoms with van der Waals surface area (Å²) in [4.78, 5) is 38.0. The summed E-state index contributed by atoms with van der Waals surface area (Å²) in [5.74, 6) is 0.817. The molecule has 0 saturated carbocycles. The molecule has 0 aliphatic rings. The van der Waals surface area contributed by atoms with Crippen LogP contribution in [-0.2, 0) is 28.6 Å². The normalized spacial score (nSPS) is 12.5. The molecule has 0 N–H and O–H groups in total. The summed E-state index contributed by atoms with van der Waals surface area (Å²) in [6.45, 7) is 11.4. The van der Waals surface area contributed by atoms with Gasteiger partial charge >= 0.3 is 17.9 Å². The van der Waals surface area contributed by atoms with E-state index in [0.717, 1.165) is 69.6 Å². The van der Waals surface area contributed by atoms with Crippen molar-refractivity contribution in [3.05, 3.63) is 0 Å². The molecule has 0 heterocycles. The topological polar surface area (TPSA) is 78.9 Å². The second kappa shape index (κ2) is 49.8. The van der Waals surface area contributed by atoms with Crippen molar-refractivity contribution in [2.45, 2.75) is 323 Å². The largest absolute Gasteiger partial charge is 0.462 e. The van der Waals surface area contributed by atoms with Gasteiger partial charge in [-0.2, -0.15) is 0 Å². The van der Waals surface area contributed by atoms with Gasteiger partial charge in [0.15, 0.2) is 6.10 Å². The lowest BCUT2D eigenvalue weighted by Gasteiger charge is -2.18. The number of rotatable bonds is 51. The molecule has 0 fully saturated rings. The van der Waals surface area contributed by atoms with Crippen LogP contribution in [0.2, 0.25) is 0 Å². The van der Waals surface area contributed by atoms with E-state index in [0.29, 0.717) is 19.3 Å². The van der Waals surface area contributed by atoms with Crippen LogP contribution in [0.15, 0.2) is 0 Å². The van der Waals surface area contributed by atoms with E-state index in [2.05, 4.69) is 34.6 Å². The second-order valence-corrected chi connectivity index (χ2v) is 20.3. The maximum Gasteiger partial charge on any atom is 0.306 e. The summed E-state index contributed by atoms with van der Waals surface area (Å²) in [5, 5.41) is 0. The van der Waals surface area contributed by atoms with Crippen molar-refractivity contribution in [2.75, 3.05) is 13.2 Å². The Morgan fingerprint density at radius 1 is 0.333 bits per heavy atom. The average Bonchev–Trinajstić information content (AvgIpc) is 3.27. The number of carbonyl (C=O) groups excluding carboxylic acids is 3. The van der Waals surface area contributed by atoms with Crippen LogP contribution < -0.4 is 0 Å². The lowest BCUT2D eigenvalue weighted by Crippen LogP contribution is -2.30. The fourth-order valence-electron chi connectivity index (χ4n) is 8.66. The third-order valence-electron chi connectivity index (χ3n) is 13.3. The van der Waals surface area contributed by atoms with Crippen molar-refractivity contribution >= 4 is 17.9 Å². The molecule has 0 radical (unpaired) electrons. The van der Waals surface area contributed by atoms with Gasteiger partial charge in [-0.25, -0.2) is 0 Å².